The van der Waals surface area contributed by atoms with Gasteiger partial charge in [-0.1, -0.05) is 35.1 Å². The van der Waals surface area contributed by atoms with Crippen molar-refractivity contribution in [3.05, 3.63) is 52.8 Å². The molecule has 1 atom stereocenters. The van der Waals surface area contributed by atoms with Gasteiger partial charge in [0.1, 0.15) is 10.7 Å². The van der Waals surface area contributed by atoms with Gasteiger partial charge in [-0.15, -0.1) is 0 Å². The fourth-order valence-electron chi connectivity index (χ4n) is 4.82. The van der Waals surface area contributed by atoms with E-state index >= 15 is 0 Å². The van der Waals surface area contributed by atoms with Crippen molar-refractivity contribution in [3.8, 4) is 0 Å². The number of anilines is 1. The number of carbonyl (C=O) groups is 1. The molecule has 0 aliphatic carbocycles. The van der Waals surface area contributed by atoms with E-state index in [9.17, 15) is 17.6 Å². The predicted molar refractivity (Wildman–Crippen MR) is 139 cm³/mol. The number of aryl methyl sites for hydroxylation is 1. The van der Waals surface area contributed by atoms with Gasteiger partial charge in [-0.25, -0.2) is 17.8 Å². The fraction of sp³-hybridized carbons (Fsp3) is 0.440. The highest BCUT2D eigenvalue weighted by atomic mass is 35.5. The van der Waals surface area contributed by atoms with Gasteiger partial charge in [0.2, 0.25) is 15.9 Å². The molecule has 2 aliphatic heterocycles. The Labute approximate surface area is 218 Å². The van der Waals surface area contributed by atoms with Crippen LogP contribution in [-0.2, 0) is 19.6 Å². The molecular formula is C25H27ClFN3O4S2. The van der Waals surface area contributed by atoms with Crippen LogP contribution in [0.4, 0.5) is 9.52 Å². The number of ether oxygens (including phenoxy) is 1. The van der Waals surface area contributed by atoms with Gasteiger partial charge in [0.25, 0.3) is 0 Å². The van der Waals surface area contributed by atoms with Crippen LogP contribution in [-0.4, -0.2) is 56.0 Å². The average molecular weight is 552 g/mol. The van der Waals surface area contributed by atoms with Crippen LogP contribution < -0.4 is 4.90 Å². The third kappa shape index (κ3) is 4.89. The number of thiazole rings is 1. The van der Waals surface area contributed by atoms with Gasteiger partial charge in [0, 0.05) is 30.6 Å². The summed E-state index contributed by atoms with van der Waals surface area (Å²) < 4.78 is 48.2. The van der Waals surface area contributed by atoms with E-state index in [1.165, 1.54) is 33.8 Å². The largest absolute Gasteiger partial charge is 0.376 e. The van der Waals surface area contributed by atoms with Gasteiger partial charge in [0.05, 0.1) is 22.9 Å². The van der Waals surface area contributed by atoms with Crippen molar-refractivity contribution in [1.82, 2.24) is 9.29 Å². The lowest BCUT2D eigenvalue weighted by Gasteiger charge is -2.33. The zero-order valence-corrected chi connectivity index (χ0v) is 22.2. The number of aromatic nitrogens is 1. The van der Waals surface area contributed by atoms with Crippen LogP contribution >= 0.6 is 22.9 Å². The molecule has 2 aliphatic rings. The lowest BCUT2D eigenvalue weighted by molar-refractivity contribution is -0.123. The van der Waals surface area contributed by atoms with Crippen molar-refractivity contribution in [1.29, 1.82) is 0 Å². The molecule has 36 heavy (non-hydrogen) atoms. The Balaban J connectivity index is 1.36. The number of fused-ring (bicyclic) bond motifs is 1. The molecule has 2 aromatic carbocycles. The number of rotatable bonds is 6. The molecule has 11 heteroatoms. The van der Waals surface area contributed by atoms with Gasteiger partial charge < -0.3 is 4.74 Å². The van der Waals surface area contributed by atoms with E-state index in [1.807, 2.05) is 19.1 Å². The van der Waals surface area contributed by atoms with Crippen LogP contribution in [0, 0.1) is 18.7 Å². The standard InChI is InChI=1S/C25H27ClFN3O4S2/c1-16-19(26)8-9-21-23(16)28-25(35-21)30(15-18-5-4-14-34-18)24(31)17-10-12-29(13-11-17)36(32,33)22-7-3-2-6-20(22)27/h2-3,6-9,17-18H,4-5,10-15H2,1H3. The lowest BCUT2D eigenvalue weighted by atomic mass is 9.96. The molecule has 3 aromatic rings. The second-order valence-corrected chi connectivity index (χ2v) is 12.5. The highest BCUT2D eigenvalue weighted by Crippen LogP contribution is 2.36. The molecule has 0 N–H and O–H groups in total. The van der Waals surface area contributed by atoms with Gasteiger partial charge in [-0.3, -0.25) is 9.69 Å². The summed E-state index contributed by atoms with van der Waals surface area (Å²) in [5, 5.41) is 1.22. The Morgan fingerprint density at radius 3 is 2.67 bits per heavy atom. The first-order valence-electron chi connectivity index (χ1n) is 12.0. The van der Waals surface area contributed by atoms with Crippen LogP contribution in [0.25, 0.3) is 10.2 Å². The van der Waals surface area contributed by atoms with E-state index in [4.69, 9.17) is 21.3 Å². The lowest BCUT2D eigenvalue weighted by Crippen LogP contribution is -2.46. The van der Waals surface area contributed by atoms with Crippen LogP contribution in [0.3, 0.4) is 0 Å². The molecule has 2 saturated heterocycles. The van der Waals surface area contributed by atoms with Crippen LogP contribution in [0.15, 0.2) is 41.3 Å². The van der Waals surface area contributed by atoms with Gasteiger partial charge in [-0.2, -0.15) is 4.31 Å². The summed E-state index contributed by atoms with van der Waals surface area (Å²) in [6.45, 7) is 3.28. The van der Waals surface area contributed by atoms with Crippen LogP contribution in [0.5, 0.6) is 0 Å². The minimum Gasteiger partial charge on any atom is -0.376 e. The molecule has 2 fully saturated rings. The first-order valence-corrected chi connectivity index (χ1v) is 14.6. The highest BCUT2D eigenvalue weighted by Gasteiger charge is 2.37. The number of sulfonamides is 1. The molecule has 1 aromatic heterocycles. The number of amides is 1. The smallest absolute Gasteiger partial charge is 0.245 e. The zero-order chi connectivity index (χ0) is 25.4. The number of piperidine rings is 1. The maximum atomic E-state index is 14.2. The molecule has 0 radical (unpaired) electrons. The molecule has 0 bridgehead atoms. The second kappa shape index (κ2) is 10.3. The summed E-state index contributed by atoms with van der Waals surface area (Å²) in [6.07, 6.45) is 2.47. The summed E-state index contributed by atoms with van der Waals surface area (Å²) >= 11 is 7.73. The van der Waals surface area contributed by atoms with E-state index in [1.54, 1.807) is 4.90 Å². The minimum atomic E-state index is -3.97. The number of carbonyl (C=O) groups excluding carboxylic acids is 1. The number of nitrogens with zero attached hydrogens (tertiary/aromatic N) is 3. The van der Waals surface area contributed by atoms with Crippen molar-refractivity contribution in [2.45, 2.75) is 43.6 Å². The van der Waals surface area contributed by atoms with E-state index in [0.717, 1.165) is 34.7 Å². The molecule has 1 amide bonds. The summed E-state index contributed by atoms with van der Waals surface area (Å²) in [4.78, 5) is 19.9. The summed E-state index contributed by atoms with van der Waals surface area (Å²) in [6, 6.07) is 9.11. The molecule has 5 rings (SSSR count). The average Bonchev–Trinajstić information content (AvgIpc) is 3.55. The van der Waals surface area contributed by atoms with Crippen LogP contribution in [0.2, 0.25) is 5.02 Å². The third-order valence-corrected chi connectivity index (χ3v) is 10.3. The molecule has 0 saturated carbocycles. The van der Waals surface area contributed by atoms with Crippen molar-refractivity contribution >= 4 is 54.2 Å². The third-order valence-electron chi connectivity index (χ3n) is 6.90. The van der Waals surface area contributed by atoms with Gasteiger partial charge in [-0.05, 0) is 62.4 Å². The predicted octanol–water partition coefficient (Wildman–Crippen LogP) is 5.01. The molecule has 3 heterocycles. The van der Waals surface area contributed by atoms with E-state index < -0.39 is 15.8 Å². The Morgan fingerprint density at radius 2 is 1.97 bits per heavy atom. The SMILES string of the molecule is Cc1c(Cl)ccc2sc(N(CC3CCCO3)C(=O)C3CCN(S(=O)(=O)c4ccccc4F)CC3)nc12. The van der Waals surface area contributed by atoms with E-state index in [0.29, 0.717) is 36.1 Å². The van der Waals surface area contributed by atoms with Crippen molar-refractivity contribution in [2.75, 3.05) is 31.1 Å². The summed E-state index contributed by atoms with van der Waals surface area (Å²) in [5.41, 5.74) is 1.64. The van der Waals surface area contributed by atoms with Crippen LogP contribution in [0.1, 0.15) is 31.2 Å². The molecule has 192 valence electrons. The number of benzene rings is 2. The summed E-state index contributed by atoms with van der Waals surface area (Å²) in [5.74, 6) is -1.23. The Hall–Kier alpha value is -2.11. The Bertz CT molecular complexity index is 1380. The molecule has 7 nitrogen and oxygen atoms in total. The summed E-state index contributed by atoms with van der Waals surface area (Å²) in [7, 11) is -3.97. The molecular weight excluding hydrogens is 525 g/mol. The number of hydrogen-bond donors (Lipinski definition) is 0. The highest BCUT2D eigenvalue weighted by molar-refractivity contribution is 7.89. The number of hydrogen-bond acceptors (Lipinski definition) is 6. The zero-order valence-electron chi connectivity index (χ0n) is 19.8. The second-order valence-electron chi connectivity index (χ2n) is 9.21. The quantitative estimate of drug-likeness (QED) is 0.430. The topological polar surface area (TPSA) is 79.8 Å². The maximum Gasteiger partial charge on any atom is 0.245 e. The normalized spacial score (nSPS) is 19.7. The fourth-order valence-corrected chi connectivity index (χ4v) is 7.54. The monoisotopic (exact) mass is 551 g/mol. The van der Waals surface area contributed by atoms with Crippen molar-refractivity contribution < 1.29 is 22.3 Å². The maximum absolute atomic E-state index is 14.2. The van der Waals surface area contributed by atoms with Crippen molar-refractivity contribution in [2.24, 2.45) is 5.92 Å². The van der Waals surface area contributed by atoms with E-state index in [-0.39, 0.29) is 35.9 Å². The minimum absolute atomic E-state index is 0.0628. The van der Waals surface area contributed by atoms with Gasteiger partial charge >= 0.3 is 0 Å². The molecule has 0 spiro atoms. The Kier molecular flexibility index (Phi) is 7.33. The van der Waals surface area contributed by atoms with E-state index in [2.05, 4.69) is 0 Å². The first-order chi connectivity index (χ1) is 17.3. The Morgan fingerprint density at radius 1 is 1.22 bits per heavy atom. The molecule has 1 unspecified atom stereocenters. The van der Waals surface area contributed by atoms with Crippen molar-refractivity contribution in [3.63, 3.8) is 0 Å². The number of halogens is 2. The van der Waals surface area contributed by atoms with Gasteiger partial charge in [0.15, 0.2) is 5.13 Å². The first kappa shape index (κ1) is 25.5.